The monoisotopic (exact) mass is 417 g/mol. The minimum Gasteiger partial charge on any atom is -0.359 e. The third kappa shape index (κ3) is 3.86. The summed E-state index contributed by atoms with van der Waals surface area (Å²) in [6.45, 7) is 1.44. The lowest BCUT2D eigenvalue weighted by Crippen LogP contribution is -2.47. The molecule has 0 spiro atoms. The normalized spacial score (nSPS) is 16.8. The summed E-state index contributed by atoms with van der Waals surface area (Å²) in [6.07, 6.45) is 2.88. The summed E-state index contributed by atoms with van der Waals surface area (Å²) < 4.78 is 28.3. The van der Waals surface area contributed by atoms with Gasteiger partial charge >= 0.3 is 0 Å². The average Bonchev–Trinajstić information content (AvgIpc) is 2.67. The van der Waals surface area contributed by atoms with Gasteiger partial charge in [-0.3, -0.25) is 9.52 Å². The number of hydrogen-bond donors (Lipinski definition) is 2. The molecule has 1 heterocycles. The lowest BCUT2D eigenvalue weighted by atomic mass is 9.98. The van der Waals surface area contributed by atoms with Crippen molar-refractivity contribution in [3.05, 3.63) is 63.5 Å². The Bertz CT molecular complexity index is 1070. The third-order valence-electron chi connectivity index (χ3n) is 4.94. The second-order valence-corrected chi connectivity index (χ2v) is 9.00. The van der Waals surface area contributed by atoms with Crippen LogP contribution in [0.1, 0.15) is 17.5 Å². The van der Waals surface area contributed by atoms with Crippen molar-refractivity contribution < 1.29 is 13.2 Å². The number of fused-ring (bicyclic) bond motifs is 1. The van der Waals surface area contributed by atoms with Crippen molar-refractivity contribution in [3.8, 4) is 0 Å². The van der Waals surface area contributed by atoms with E-state index in [4.69, 9.17) is 11.6 Å². The molecule has 2 aromatic carbocycles. The highest BCUT2D eigenvalue weighted by atomic mass is 35.5. The Morgan fingerprint density at radius 1 is 1.11 bits per heavy atom. The number of halogens is 1. The molecule has 1 fully saturated rings. The van der Waals surface area contributed by atoms with Gasteiger partial charge in [0.15, 0.2) is 0 Å². The molecule has 28 heavy (non-hydrogen) atoms. The molecular formula is C20H20ClN3O3S. The first-order valence-electron chi connectivity index (χ1n) is 9.05. The van der Waals surface area contributed by atoms with E-state index in [0.29, 0.717) is 47.2 Å². The van der Waals surface area contributed by atoms with E-state index in [1.54, 1.807) is 24.3 Å². The molecule has 6 nitrogen and oxygen atoms in total. The minimum absolute atomic E-state index is 0.0587. The van der Waals surface area contributed by atoms with E-state index >= 15 is 0 Å². The number of sulfonamides is 1. The van der Waals surface area contributed by atoms with Gasteiger partial charge in [0, 0.05) is 13.1 Å². The van der Waals surface area contributed by atoms with Gasteiger partial charge in [0.2, 0.25) is 5.91 Å². The number of carbonyl (C=O) groups excluding carboxylic acids is 1. The van der Waals surface area contributed by atoms with E-state index in [1.807, 2.05) is 29.2 Å². The molecular weight excluding hydrogens is 398 g/mol. The quantitative estimate of drug-likeness (QED) is 0.801. The zero-order chi connectivity index (χ0) is 19.7. The van der Waals surface area contributed by atoms with E-state index in [1.165, 1.54) is 0 Å². The maximum atomic E-state index is 12.8. The lowest BCUT2D eigenvalue weighted by Gasteiger charge is -2.29. The molecule has 2 aliphatic rings. The Balaban J connectivity index is 1.55. The van der Waals surface area contributed by atoms with E-state index in [2.05, 4.69) is 10.0 Å². The number of anilines is 2. The Hall–Kier alpha value is -2.51. The highest BCUT2D eigenvalue weighted by Gasteiger charge is 2.23. The maximum Gasteiger partial charge on any atom is 0.258 e. The molecule has 0 unspecified atom stereocenters. The average molecular weight is 418 g/mol. The Morgan fingerprint density at radius 2 is 1.93 bits per heavy atom. The van der Waals surface area contributed by atoms with Gasteiger partial charge in [0.25, 0.3) is 10.0 Å². The number of rotatable bonds is 4. The van der Waals surface area contributed by atoms with Crippen molar-refractivity contribution in [1.29, 1.82) is 0 Å². The molecule has 0 saturated carbocycles. The van der Waals surface area contributed by atoms with Crippen molar-refractivity contribution >= 4 is 45.0 Å². The zero-order valence-electron chi connectivity index (χ0n) is 15.1. The van der Waals surface area contributed by atoms with Crippen molar-refractivity contribution in [2.45, 2.75) is 12.8 Å². The molecule has 1 amide bonds. The minimum atomic E-state index is -3.67. The number of aryl methyl sites for hydroxylation is 1. The van der Waals surface area contributed by atoms with Crippen LogP contribution in [0.3, 0.4) is 0 Å². The van der Waals surface area contributed by atoms with E-state index < -0.39 is 10.0 Å². The number of nitrogens with zero attached hydrogens (tertiary/aromatic N) is 1. The van der Waals surface area contributed by atoms with Gasteiger partial charge in [0.05, 0.1) is 27.8 Å². The number of carbonyl (C=O) groups is 1. The summed E-state index contributed by atoms with van der Waals surface area (Å²) in [5, 5.41) is 3.17. The van der Waals surface area contributed by atoms with Crippen LogP contribution in [-0.4, -0.2) is 34.0 Å². The lowest BCUT2D eigenvalue weighted by molar-refractivity contribution is -0.120. The molecule has 4 rings (SSSR count). The second-order valence-electron chi connectivity index (χ2n) is 6.85. The van der Waals surface area contributed by atoms with Crippen LogP contribution in [0.25, 0.3) is 6.08 Å². The second kappa shape index (κ2) is 7.48. The number of nitrogens with one attached hydrogen (secondary N) is 2. The summed E-state index contributed by atoms with van der Waals surface area (Å²) in [6, 6.07) is 12.8. The summed E-state index contributed by atoms with van der Waals surface area (Å²) in [5.41, 5.74) is 3.20. The molecule has 1 saturated heterocycles. The first kappa shape index (κ1) is 18.8. The van der Waals surface area contributed by atoms with E-state index in [-0.39, 0.29) is 12.5 Å². The van der Waals surface area contributed by atoms with Crippen LogP contribution in [0, 0.1) is 0 Å². The van der Waals surface area contributed by atoms with Gasteiger partial charge in [-0.1, -0.05) is 35.9 Å². The fourth-order valence-corrected chi connectivity index (χ4v) is 5.03. The summed E-state index contributed by atoms with van der Waals surface area (Å²) in [4.78, 5) is 13.8. The molecule has 8 heteroatoms. The third-order valence-corrected chi connectivity index (χ3v) is 6.76. The zero-order valence-corrected chi connectivity index (χ0v) is 16.7. The Morgan fingerprint density at radius 3 is 2.71 bits per heavy atom. The molecule has 146 valence electrons. The molecule has 2 N–H and O–H groups in total. The summed E-state index contributed by atoms with van der Waals surface area (Å²) in [5.74, 6) is -0.0587. The number of benzene rings is 2. The first-order valence-corrected chi connectivity index (χ1v) is 10.9. The predicted molar refractivity (Wildman–Crippen MR) is 112 cm³/mol. The smallest absolute Gasteiger partial charge is 0.258 e. The fourth-order valence-electron chi connectivity index (χ4n) is 3.51. The van der Waals surface area contributed by atoms with Gasteiger partial charge in [-0.05, 0) is 48.2 Å². The van der Waals surface area contributed by atoms with Crippen molar-refractivity contribution in [3.63, 3.8) is 0 Å². The topological polar surface area (TPSA) is 78.5 Å². The molecule has 0 bridgehead atoms. The SMILES string of the molecule is O=C1CN(c2ccc(NS(=O)(=O)C3=Cc4ccccc4CC3)cc2Cl)CCN1. The number of hydrogen-bond acceptors (Lipinski definition) is 4. The Labute approximate surface area is 169 Å². The standard InChI is InChI=1S/C20H20ClN3O3S/c21-18-12-16(6-8-19(18)24-10-9-22-20(25)13-24)23-28(26,27)17-7-5-14-3-1-2-4-15(14)11-17/h1-4,6,8,11-12,23H,5,7,9-10,13H2,(H,22,25). The van der Waals surface area contributed by atoms with E-state index in [9.17, 15) is 13.2 Å². The number of amides is 1. The van der Waals surface area contributed by atoms with Crippen molar-refractivity contribution in [1.82, 2.24) is 5.32 Å². The highest BCUT2D eigenvalue weighted by molar-refractivity contribution is 7.96. The molecule has 0 aromatic heterocycles. The van der Waals surface area contributed by atoms with Gasteiger partial charge in [-0.15, -0.1) is 0 Å². The molecule has 1 aliphatic carbocycles. The van der Waals surface area contributed by atoms with Crippen LogP contribution in [0.4, 0.5) is 11.4 Å². The largest absolute Gasteiger partial charge is 0.359 e. The summed E-state index contributed by atoms with van der Waals surface area (Å²) >= 11 is 6.37. The van der Waals surface area contributed by atoms with Crippen molar-refractivity contribution in [2.75, 3.05) is 29.3 Å². The van der Waals surface area contributed by atoms with Crippen LogP contribution < -0.4 is 14.9 Å². The number of piperazine rings is 1. The molecule has 0 atom stereocenters. The van der Waals surface area contributed by atoms with Gasteiger partial charge in [-0.2, -0.15) is 0 Å². The van der Waals surface area contributed by atoms with Crippen LogP contribution in [-0.2, 0) is 21.2 Å². The van der Waals surface area contributed by atoms with Gasteiger partial charge in [-0.25, -0.2) is 8.42 Å². The van der Waals surface area contributed by atoms with Crippen LogP contribution in [0.5, 0.6) is 0 Å². The van der Waals surface area contributed by atoms with Crippen LogP contribution in [0.15, 0.2) is 47.4 Å². The molecule has 2 aromatic rings. The van der Waals surface area contributed by atoms with Crippen molar-refractivity contribution in [2.24, 2.45) is 0 Å². The summed E-state index contributed by atoms with van der Waals surface area (Å²) in [7, 11) is -3.67. The molecule has 0 radical (unpaired) electrons. The first-order chi connectivity index (χ1) is 13.4. The van der Waals surface area contributed by atoms with Gasteiger partial charge < -0.3 is 10.2 Å². The van der Waals surface area contributed by atoms with E-state index in [0.717, 1.165) is 11.1 Å². The van der Waals surface area contributed by atoms with Crippen LogP contribution >= 0.6 is 11.6 Å². The van der Waals surface area contributed by atoms with Crippen LogP contribution in [0.2, 0.25) is 5.02 Å². The van der Waals surface area contributed by atoms with Gasteiger partial charge in [0.1, 0.15) is 0 Å². The number of allylic oxidation sites excluding steroid dienone is 1. The fraction of sp³-hybridized carbons (Fsp3) is 0.250. The Kier molecular flexibility index (Phi) is 5.03. The maximum absolute atomic E-state index is 12.8. The predicted octanol–water partition coefficient (Wildman–Crippen LogP) is 3.01. The molecule has 1 aliphatic heterocycles. The highest BCUT2D eigenvalue weighted by Crippen LogP contribution is 2.32.